The fourth-order valence-corrected chi connectivity index (χ4v) is 4.47. The Kier molecular flexibility index (Phi) is 4.99. The number of carbonyl (C=O) groups is 2. The summed E-state index contributed by atoms with van der Waals surface area (Å²) >= 11 is 9.54. The molecule has 4 aromatic rings. The van der Waals surface area contributed by atoms with Gasteiger partial charge in [0, 0.05) is 20.7 Å². The largest absolute Gasteiger partial charge is 0.450 e. The molecule has 1 aromatic heterocycles. The van der Waals surface area contributed by atoms with Gasteiger partial charge in [0.05, 0.1) is 17.0 Å². The number of Topliss-reactive ketones (excluding diaryl/α,β-unsaturated/α-hetero) is 1. The molecule has 1 aliphatic heterocycles. The molecule has 0 radical (unpaired) electrons. The van der Waals surface area contributed by atoms with Crippen LogP contribution in [0.1, 0.15) is 45.0 Å². The molecule has 2 heterocycles. The average molecular weight is 509 g/mol. The Morgan fingerprint density at radius 2 is 1.69 bits per heavy atom. The second-order valence-electron chi connectivity index (χ2n) is 7.55. The maximum atomic E-state index is 13.5. The third-order valence-corrected chi connectivity index (χ3v) is 6.33. The maximum Gasteiger partial charge on any atom is 0.295 e. The van der Waals surface area contributed by atoms with E-state index in [1.54, 1.807) is 42.5 Å². The number of anilines is 1. The smallest absolute Gasteiger partial charge is 0.295 e. The van der Waals surface area contributed by atoms with Crippen molar-refractivity contribution in [3.63, 3.8) is 0 Å². The van der Waals surface area contributed by atoms with Crippen molar-refractivity contribution in [1.29, 1.82) is 0 Å². The molecule has 3 aromatic carbocycles. The van der Waals surface area contributed by atoms with Crippen LogP contribution in [-0.2, 0) is 0 Å². The Bertz CT molecular complexity index is 1460. The van der Waals surface area contributed by atoms with Crippen molar-refractivity contribution in [3.05, 3.63) is 109 Å². The fourth-order valence-electron chi connectivity index (χ4n) is 4.03. The highest BCUT2D eigenvalue weighted by Gasteiger charge is 2.43. The summed E-state index contributed by atoms with van der Waals surface area (Å²) in [6.45, 7) is 1.48. The van der Waals surface area contributed by atoms with Crippen molar-refractivity contribution in [1.82, 2.24) is 0 Å². The minimum absolute atomic E-state index is 0.00776. The first kappa shape index (κ1) is 20.7. The van der Waals surface area contributed by atoms with Crippen molar-refractivity contribution in [2.24, 2.45) is 0 Å². The summed E-state index contributed by atoms with van der Waals surface area (Å²) in [5.41, 5.74) is 2.11. The number of amides is 1. The zero-order valence-corrected chi connectivity index (χ0v) is 19.1. The van der Waals surface area contributed by atoms with Crippen molar-refractivity contribution in [2.45, 2.75) is 13.0 Å². The van der Waals surface area contributed by atoms with Gasteiger partial charge in [-0.2, -0.15) is 0 Å². The number of fused-ring (bicyclic) bond motifs is 2. The van der Waals surface area contributed by atoms with E-state index in [1.807, 2.05) is 24.3 Å². The van der Waals surface area contributed by atoms with Gasteiger partial charge in [0.15, 0.2) is 11.2 Å². The molecule has 0 saturated heterocycles. The lowest BCUT2D eigenvalue weighted by atomic mass is 9.98. The van der Waals surface area contributed by atoms with Crippen LogP contribution in [0.5, 0.6) is 0 Å². The maximum absolute atomic E-state index is 13.5. The Labute approximate surface area is 196 Å². The summed E-state index contributed by atoms with van der Waals surface area (Å²) in [6, 6.07) is 18.2. The number of hydrogen-bond donors (Lipinski definition) is 0. The van der Waals surface area contributed by atoms with Gasteiger partial charge in [-0.25, -0.2) is 0 Å². The predicted octanol–water partition coefficient (Wildman–Crippen LogP) is 6.16. The van der Waals surface area contributed by atoms with E-state index in [0.717, 1.165) is 10.0 Å². The second-order valence-corrected chi connectivity index (χ2v) is 8.90. The van der Waals surface area contributed by atoms with Crippen LogP contribution in [-0.4, -0.2) is 11.7 Å². The van der Waals surface area contributed by atoms with Crippen molar-refractivity contribution >= 4 is 55.9 Å². The first-order valence-electron chi connectivity index (χ1n) is 9.81. The van der Waals surface area contributed by atoms with Crippen LogP contribution in [0, 0.1) is 0 Å². The van der Waals surface area contributed by atoms with Crippen LogP contribution < -0.4 is 10.3 Å². The number of benzene rings is 3. The number of carbonyl (C=O) groups excluding carboxylic acids is 2. The van der Waals surface area contributed by atoms with E-state index in [1.165, 1.54) is 11.8 Å². The topological polar surface area (TPSA) is 67.6 Å². The van der Waals surface area contributed by atoms with Crippen molar-refractivity contribution in [3.8, 4) is 0 Å². The van der Waals surface area contributed by atoms with Crippen LogP contribution in [0.4, 0.5) is 5.69 Å². The lowest BCUT2D eigenvalue weighted by Gasteiger charge is -2.25. The van der Waals surface area contributed by atoms with Gasteiger partial charge in [0.25, 0.3) is 5.91 Å². The summed E-state index contributed by atoms with van der Waals surface area (Å²) in [7, 11) is 0. The lowest BCUT2D eigenvalue weighted by molar-refractivity contribution is 0.0970. The van der Waals surface area contributed by atoms with E-state index < -0.39 is 11.9 Å². The molecule has 0 fully saturated rings. The van der Waals surface area contributed by atoms with Crippen LogP contribution in [0.3, 0.4) is 0 Å². The molecule has 5 nitrogen and oxygen atoms in total. The van der Waals surface area contributed by atoms with Crippen LogP contribution in [0.15, 0.2) is 80.4 Å². The molecule has 0 bridgehead atoms. The predicted molar refractivity (Wildman–Crippen MR) is 127 cm³/mol. The average Bonchev–Trinajstić information content (AvgIpc) is 3.07. The third kappa shape index (κ3) is 3.27. The molecule has 32 heavy (non-hydrogen) atoms. The first-order valence-corrected chi connectivity index (χ1v) is 11.0. The molecule has 1 unspecified atom stereocenters. The number of ketones is 1. The van der Waals surface area contributed by atoms with Gasteiger partial charge in [-0.15, -0.1) is 0 Å². The fraction of sp³-hybridized carbons (Fsp3) is 0.0800. The van der Waals surface area contributed by atoms with Crippen molar-refractivity contribution < 1.29 is 14.0 Å². The van der Waals surface area contributed by atoms with E-state index in [2.05, 4.69) is 15.9 Å². The molecule has 1 amide bonds. The summed E-state index contributed by atoms with van der Waals surface area (Å²) < 4.78 is 6.80. The SMILES string of the molecule is CC(=O)c1ccc(N2C(=O)c3oc4ccc(Cl)cc4c(=O)c3C2c2ccc(Br)cc2)cc1. The molecule has 0 spiro atoms. The van der Waals surface area contributed by atoms with E-state index >= 15 is 0 Å². The Hall–Kier alpha value is -3.22. The molecule has 0 aliphatic carbocycles. The Morgan fingerprint density at radius 1 is 1.00 bits per heavy atom. The quantitative estimate of drug-likeness (QED) is 0.311. The Morgan fingerprint density at radius 3 is 2.34 bits per heavy atom. The standard InChI is InChI=1S/C25H15BrClNO4/c1-13(29)14-4-9-18(10-5-14)28-22(15-2-6-16(26)7-3-15)21-23(30)19-12-17(27)8-11-20(19)32-24(21)25(28)31/h2-12,22H,1H3. The Balaban J connectivity index is 1.77. The lowest BCUT2D eigenvalue weighted by Crippen LogP contribution is -2.29. The molecule has 5 rings (SSSR count). The minimum Gasteiger partial charge on any atom is -0.450 e. The number of hydrogen-bond acceptors (Lipinski definition) is 4. The first-order chi connectivity index (χ1) is 15.3. The summed E-state index contributed by atoms with van der Waals surface area (Å²) in [5, 5.41) is 0.728. The zero-order chi connectivity index (χ0) is 22.6. The van der Waals surface area contributed by atoms with E-state index in [4.69, 9.17) is 16.0 Å². The van der Waals surface area contributed by atoms with Crippen LogP contribution in [0.2, 0.25) is 5.02 Å². The van der Waals surface area contributed by atoms with Gasteiger partial charge in [0.1, 0.15) is 5.58 Å². The van der Waals surface area contributed by atoms with E-state index in [0.29, 0.717) is 27.2 Å². The van der Waals surface area contributed by atoms with Gasteiger partial charge in [-0.1, -0.05) is 39.7 Å². The molecule has 1 atom stereocenters. The molecule has 158 valence electrons. The van der Waals surface area contributed by atoms with Crippen LogP contribution in [0.25, 0.3) is 11.0 Å². The molecule has 7 heteroatoms. The number of rotatable bonds is 3. The highest BCUT2D eigenvalue weighted by atomic mass is 79.9. The van der Waals surface area contributed by atoms with Gasteiger partial charge in [-0.05, 0) is 67.1 Å². The molecule has 0 saturated carbocycles. The molecule has 1 aliphatic rings. The third-order valence-electron chi connectivity index (χ3n) is 5.57. The summed E-state index contributed by atoms with van der Waals surface area (Å²) in [4.78, 5) is 40.3. The monoisotopic (exact) mass is 507 g/mol. The number of halogens is 2. The zero-order valence-electron chi connectivity index (χ0n) is 16.8. The van der Waals surface area contributed by atoms with Gasteiger partial charge >= 0.3 is 0 Å². The van der Waals surface area contributed by atoms with Gasteiger partial charge in [0.2, 0.25) is 5.76 Å². The highest BCUT2D eigenvalue weighted by Crippen LogP contribution is 2.41. The normalized spacial score (nSPS) is 15.3. The summed E-state index contributed by atoms with van der Waals surface area (Å²) in [5.74, 6) is -0.483. The molecular formula is C25H15BrClNO4. The van der Waals surface area contributed by atoms with Gasteiger partial charge < -0.3 is 4.42 Å². The molecular weight excluding hydrogens is 494 g/mol. The number of nitrogens with zero attached hydrogens (tertiary/aromatic N) is 1. The van der Waals surface area contributed by atoms with Crippen LogP contribution >= 0.6 is 27.5 Å². The van der Waals surface area contributed by atoms with E-state index in [9.17, 15) is 14.4 Å². The highest BCUT2D eigenvalue weighted by molar-refractivity contribution is 9.10. The second kappa shape index (κ2) is 7.73. The van der Waals surface area contributed by atoms with Crippen molar-refractivity contribution in [2.75, 3.05) is 4.90 Å². The molecule has 0 N–H and O–H groups in total. The van der Waals surface area contributed by atoms with Gasteiger partial charge in [-0.3, -0.25) is 19.3 Å². The van der Waals surface area contributed by atoms with E-state index in [-0.39, 0.29) is 22.5 Å². The minimum atomic E-state index is -0.687. The summed E-state index contributed by atoms with van der Waals surface area (Å²) in [6.07, 6.45) is 0.